The summed E-state index contributed by atoms with van der Waals surface area (Å²) in [6.07, 6.45) is 3.79. The van der Waals surface area contributed by atoms with E-state index < -0.39 is 0 Å². The highest BCUT2D eigenvalue weighted by molar-refractivity contribution is 5.86. The first kappa shape index (κ1) is 14.3. The number of amides is 2. The molecule has 1 unspecified atom stereocenters. The number of halogens is 1. The first-order valence-corrected chi connectivity index (χ1v) is 6.03. The van der Waals surface area contributed by atoms with Gasteiger partial charge in [0, 0.05) is 25.6 Å². The topological polar surface area (TPSA) is 61.4 Å². The van der Waals surface area contributed by atoms with Gasteiger partial charge in [0.2, 0.25) is 11.8 Å². The molecule has 2 fully saturated rings. The summed E-state index contributed by atoms with van der Waals surface area (Å²) in [6, 6.07) is 0.415. The molecule has 2 aliphatic heterocycles. The summed E-state index contributed by atoms with van der Waals surface area (Å²) in [6.45, 7) is 2.69. The van der Waals surface area contributed by atoms with Gasteiger partial charge in [0.1, 0.15) is 0 Å². The molecule has 0 aromatic carbocycles. The van der Waals surface area contributed by atoms with Crippen LogP contribution in [0.15, 0.2) is 0 Å². The van der Waals surface area contributed by atoms with Crippen molar-refractivity contribution in [2.24, 2.45) is 0 Å². The summed E-state index contributed by atoms with van der Waals surface area (Å²) in [4.78, 5) is 24.5. The molecule has 2 N–H and O–H groups in total. The van der Waals surface area contributed by atoms with E-state index in [1.165, 1.54) is 6.42 Å². The maximum absolute atomic E-state index is 11.6. The van der Waals surface area contributed by atoms with Gasteiger partial charge in [-0.25, -0.2) is 0 Å². The van der Waals surface area contributed by atoms with E-state index in [0.717, 1.165) is 25.9 Å². The van der Waals surface area contributed by atoms with Gasteiger partial charge >= 0.3 is 0 Å². The Balaban J connectivity index is 0.00000144. The molecule has 17 heavy (non-hydrogen) atoms. The molecule has 2 saturated heterocycles. The predicted octanol–water partition coefficient (Wildman–Crippen LogP) is -0.101. The maximum atomic E-state index is 11.6. The molecule has 98 valence electrons. The monoisotopic (exact) mass is 261 g/mol. The lowest BCUT2D eigenvalue weighted by atomic mass is 10.2. The van der Waals surface area contributed by atoms with E-state index in [1.807, 2.05) is 0 Å². The second kappa shape index (κ2) is 6.81. The standard InChI is InChI=1S/C11H19N3O2.ClH/c15-10(8-14-6-2-4-11(14)16)13-7-9-3-1-5-12-9;/h9,12H,1-8H2,(H,13,15);1H. The molecule has 2 rings (SSSR count). The molecule has 0 aliphatic carbocycles. The summed E-state index contributed by atoms with van der Waals surface area (Å²) >= 11 is 0. The molecule has 0 aromatic rings. The molecule has 0 spiro atoms. The van der Waals surface area contributed by atoms with Crippen LogP contribution in [-0.2, 0) is 9.59 Å². The summed E-state index contributed by atoms with van der Waals surface area (Å²) in [5.74, 6) is 0.0677. The van der Waals surface area contributed by atoms with Gasteiger partial charge in [-0.2, -0.15) is 0 Å². The van der Waals surface area contributed by atoms with Gasteiger partial charge in [-0.05, 0) is 25.8 Å². The van der Waals surface area contributed by atoms with Gasteiger partial charge in [-0.3, -0.25) is 9.59 Å². The number of rotatable bonds is 4. The third-order valence-electron chi connectivity index (χ3n) is 3.21. The predicted molar refractivity (Wildman–Crippen MR) is 67.1 cm³/mol. The lowest BCUT2D eigenvalue weighted by molar-refractivity contribution is -0.133. The van der Waals surface area contributed by atoms with Crippen molar-refractivity contribution in [3.63, 3.8) is 0 Å². The SMILES string of the molecule is Cl.O=C(CN1CCCC1=O)NCC1CCCN1. The van der Waals surface area contributed by atoms with Crippen LogP contribution in [-0.4, -0.2) is 48.9 Å². The first-order valence-electron chi connectivity index (χ1n) is 6.03. The number of hydrogen-bond acceptors (Lipinski definition) is 3. The summed E-state index contributed by atoms with van der Waals surface area (Å²) in [7, 11) is 0. The molecule has 0 aromatic heterocycles. The number of nitrogens with zero attached hydrogens (tertiary/aromatic N) is 1. The minimum atomic E-state index is -0.0380. The highest BCUT2D eigenvalue weighted by Crippen LogP contribution is 2.08. The van der Waals surface area contributed by atoms with E-state index in [1.54, 1.807) is 4.90 Å². The smallest absolute Gasteiger partial charge is 0.239 e. The molecule has 2 heterocycles. The van der Waals surface area contributed by atoms with Crippen LogP contribution >= 0.6 is 12.4 Å². The fraction of sp³-hybridized carbons (Fsp3) is 0.818. The average molecular weight is 262 g/mol. The quantitative estimate of drug-likeness (QED) is 0.743. The van der Waals surface area contributed by atoms with Crippen molar-refractivity contribution in [2.75, 3.05) is 26.2 Å². The van der Waals surface area contributed by atoms with Crippen molar-refractivity contribution in [1.29, 1.82) is 0 Å². The molecule has 0 bridgehead atoms. The molecule has 0 radical (unpaired) electrons. The Labute approximate surface area is 108 Å². The molecule has 2 aliphatic rings. The number of nitrogens with one attached hydrogen (secondary N) is 2. The Hall–Kier alpha value is -0.810. The third-order valence-corrected chi connectivity index (χ3v) is 3.21. The van der Waals surface area contributed by atoms with Crippen LogP contribution in [0.1, 0.15) is 25.7 Å². The lowest BCUT2D eigenvalue weighted by Crippen LogP contribution is -2.42. The Morgan fingerprint density at radius 1 is 1.47 bits per heavy atom. The second-order valence-electron chi connectivity index (χ2n) is 4.52. The van der Waals surface area contributed by atoms with Crippen LogP contribution in [0.5, 0.6) is 0 Å². The van der Waals surface area contributed by atoms with Crippen LogP contribution in [0.2, 0.25) is 0 Å². The summed E-state index contributed by atoms with van der Waals surface area (Å²) < 4.78 is 0. The average Bonchev–Trinajstić information content (AvgIpc) is 2.88. The Morgan fingerprint density at radius 2 is 2.29 bits per heavy atom. The fourth-order valence-corrected chi connectivity index (χ4v) is 2.27. The van der Waals surface area contributed by atoms with Crippen LogP contribution in [0.4, 0.5) is 0 Å². The van der Waals surface area contributed by atoms with Gasteiger partial charge in [-0.15, -0.1) is 12.4 Å². The van der Waals surface area contributed by atoms with Gasteiger partial charge in [-0.1, -0.05) is 0 Å². The summed E-state index contributed by atoms with van der Waals surface area (Å²) in [5, 5.41) is 6.20. The minimum Gasteiger partial charge on any atom is -0.353 e. The van der Waals surface area contributed by atoms with E-state index >= 15 is 0 Å². The van der Waals surface area contributed by atoms with E-state index in [9.17, 15) is 9.59 Å². The van der Waals surface area contributed by atoms with Crippen molar-refractivity contribution in [1.82, 2.24) is 15.5 Å². The fourth-order valence-electron chi connectivity index (χ4n) is 2.27. The van der Waals surface area contributed by atoms with E-state index in [4.69, 9.17) is 0 Å². The van der Waals surface area contributed by atoms with Crippen LogP contribution in [0, 0.1) is 0 Å². The molecule has 0 saturated carbocycles. The lowest BCUT2D eigenvalue weighted by Gasteiger charge is -2.16. The summed E-state index contributed by atoms with van der Waals surface area (Å²) in [5.41, 5.74) is 0. The van der Waals surface area contributed by atoms with Gasteiger partial charge < -0.3 is 15.5 Å². The Morgan fingerprint density at radius 3 is 2.88 bits per heavy atom. The van der Waals surface area contributed by atoms with Gasteiger partial charge in [0.05, 0.1) is 6.54 Å². The number of hydrogen-bond donors (Lipinski definition) is 2. The number of likely N-dealkylation sites (tertiary alicyclic amines) is 1. The Bertz CT molecular complexity index is 280. The van der Waals surface area contributed by atoms with E-state index in [-0.39, 0.29) is 30.8 Å². The minimum absolute atomic E-state index is 0. The van der Waals surface area contributed by atoms with Crippen LogP contribution in [0.25, 0.3) is 0 Å². The highest BCUT2D eigenvalue weighted by Gasteiger charge is 2.22. The van der Waals surface area contributed by atoms with Crippen molar-refractivity contribution in [3.8, 4) is 0 Å². The van der Waals surface area contributed by atoms with Crippen LogP contribution in [0.3, 0.4) is 0 Å². The molecule has 1 atom stereocenters. The molecule has 5 nitrogen and oxygen atoms in total. The van der Waals surface area contributed by atoms with Gasteiger partial charge in [0.15, 0.2) is 0 Å². The van der Waals surface area contributed by atoms with Crippen LogP contribution < -0.4 is 10.6 Å². The van der Waals surface area contributed by atoms with Crippen molar-refractivity contribution < 1.29 is 9.59 Å². The third kappa shape index (κ3) is 4.16. The zero-order valence-corrected chi connectivity index (χ0v) is 10.7. The Kier molecular flexibility index (Phi) is 5.71. The zero-order valence-electron chi connectivity index (χ0n) is 9.91. The van der Waals surface area contributed by atoms with Crippen molar-refractivity contribution in [2.45, 2.75) is 31.7 Å². The highest BCUT2D eigenvalue weighted by atomic mass is 35.5. The zero-order chi connectivity index (χ0) is 11.4. The van der Waals surface area contributed by atoms with Gasteiger partial charge in [0.25, 0.3) is 0 Å². The number of carbonyl (C=O) groups is 2. The molecular weight excluding hydrogens is 242 g/mol. The molecule has 2 amide bonds. The number of carbonyl (C=O) groups excluding carboxylic acids is 2. The first-order chi connectivity index (χ1) is 7.75. The van der Waals surface area contributed by atoms with E-state index in [2.05, 4.69) is 10.6 Å². The largest absolute Gasteiger partial charge is 0.353 e. The van der Waals surface area contributed by atoms with Crippen molar-refractivity contribution in [3.05, 3.63) is 0 Å². The maximum Gasteiger partial charge on any atom is 0.239 e. The molecule has 6 heteroatoms. The molecular formula is C11H20ClN3O2. The second-order valence-corrected chi connectivity index (χ2v) is 4.52. The normalized spacial score (nSPS) is 23.6. The van der Waals surface area contributed by atoms with Crippen molar-refractivity contribution >= 4 is 24.2 Å². The van der Waals surface area contributed by atoms with E-state index in [0.29, 0.717) is 19.0 Å².